The molecule has 0 aliphatic carbocycles. The molecule has 0 saturated carbocycles. The van der Waals surface area contributed by atoms with Gasteiger partial charge in [0.05, 0.1) is 6.04 Å². The summed E-state index contributed by atoms with van der Waals surface area (Å²) in [7, 11) is 0. The number of rotatable bonds is 5. The number of piperidine rings is 1. The third kappa shape index (κ3) is 4.58. The zero-order chi connectivity index (χ0) is 22.7. The van der Waals surface area contributed by atoms with Crippen molar-refractivity contribution in [2.24, 2.45) is 0 Å². The number of benzene rings is 3. The molecule has 2 amide bonds. The Labute approximate surface area is 193 Å². The molecule has 5 nitrogen and oxygen atoms in total. The molecule has 6 heteroatoms. The molecule has 1 heterocycles. The van der Waals surface area contributed by atoms with Crippen molar-refractivity contribution in [3.05, 3.63) is 82.9 Å². The van der Waals surface area contributed by atoms with E-state index in [9.17, 15) is 14.7 Å². The summed E-state index contributed by atoms with van der Waals surface area (Å²) in [4.78, 5) is 26.1. The molecule has 4 rings (SSSR count). The first kappa shape index (κ1) is 22.2. The van der Waals surface area contributed by atoms with Crippen molar-refractivity contribution in [3.8, 4) is 0 Å². The Hall–Kier alpha value is -3.05. The van der Waals surface area contributed by atoms with Gasteiger partial charge in [0.1, 0.15) is 0 Å². The highest BCUT2D eigenvalue weighted by Gasteiger charge is 2.39. The molecule has 3 aromatic carbocycles. The number of hydrogen-bond donors (Lipinski definition) is 2. The van der Waals surface area contributed by atoms with Crippen LogP contribution in [-0.2, 0) is 10.2 Å². The molecule has 0 spiro atoms. The van der Waals surface area contributed by atoms with Gasteiger partial charge in [-0.1, -0.05) is 66.2 Å². The second kappa shape index (κ2) is 9.21. The predicted octanol–water partition coefficient (Wildman–Crippen LogP) is 5.77. The summed E-state index contributed by atoms with van der Waals surface area (Å²) in [6.07, 6.45) is 0.640. The van der Waals surface area contributed by atoms with Crippen molar-refractivity contribution in [2.45, 2.75) is 37.6 Å². The largest absolute Gasteiger partial charge is 0.465 e. The van der Waals surface area contributed by atoms with Gasteiger partial charge in [-0.15, -0.1) is 0 Å². The minimum absolute atomic E-state index is 0.0471. The molecule has 1 fully saturated rings. The zero-order valence-electron chi connectivity index (χ0n) is 18.1. The second-order valence-electron chi connectivity index (χ2n) is 8.60. The number of nitrogens with one attached hydrogen (secondary N) is 1. The van der Waals surface area contributed by atoms with Crippen LogP contribution in [0, 0.1) is 0 Å². The number of likely N-dealkylation sites (tertiary alicyclic amines) is 1. The van der Waals surface area contributed by atoms with Gasteiger partial charge < -0.3 is 15.3 Å². The van der Waals surface area contributed by atoms with Crippen molar-refractivity contribution in [1.82, 2.24) is 10.2 Å². The monoisotopic (exact) mass is 450 g/mol. The van der Waals surface area contributed by atoms with E-state index in [-0.39, 0.29) is 17.4 Å². The van der Waals surface area contributed by atoms with Gasteiger partial charge in [-0.3, -0.25) is 4.79 Å². The predicted molar refractivity (Wildman–Crippen MR) is 127 cm³/mol. The molecule has 3 aromatic rings. The molecule has 32 heavy (non-hydrogen) atoms. The lowest BCUT2D eigenvalue weighted by Gasteiger charge is -2.41. The van der Waals surface area contributed by atoms with Gasteiger partial charge in [0.25, 0.3) is 0 Å². The molecule has 0 radical (unpaired) electrons. The standard InChI is InChI=1S/C26H27ClN2O3/c1-18(23-16-21(27)15-19-7-5-6-10-22(19)23)28-24(30)17-26(20-8-3-2-4-9-20)11-13-29(14-12-26)25(31)32/h2-10,15-16,18H,11-14,17H2,1H3,(H,28,30)(H,31,32). The molecule has 166 valence electrons. The molecular formula is C26H27ClN2O3. The first-order chi connectivity index (χ1) is 15.4. The van der Waals surface area contributed by atoms with E-state index < -0.39 is 6.09 Å². The Morgan fingerprint density at radius 1 is 1.06 bits per heavy atom. The van der Waals surface area contributed by atoms with E-state index in [1.807, 2.05) is 73.7 Å². The number of carbonyl (C=O) groups excluding carboxylic acids is 1. The molecule has 1 aliphatic heterocycles. The zero-order valence-corrected chi connectivity index (χ0v) is 18.8. The quantitative estimate of drug-likeness (QED) is 0.518. The average Bonchev–Trinajstić information content (AvgIpc) is 2.79. The maximum atomic E-state index is 13.2. The summed E-state index contributed by atoms with van der Waals surface area (Å²) < 4.78 is 0. The average molecular weight is 451 g/mol. The lowest BCUT2D eigenvalue weighted by molar-refractivity contribution is -0.123. The number of carbonyl (C=O) groups is 2. The first-order valence-electron chi connectivity index (χ1n) is 10.9. The van der Waals surface area contributed by atoms with Crippen LogP contribution in [0.1, 0.15) is 43.4 Å². The molecule has 0 bridgehead atoms. The van der Waals surface area contributed by atoms with Crippen molar-refractivity contribution in [2.75, 3.05) is 13.1 Å². The maximum Gasteiger partial charge on any atom is 0.407 e. The van der Waals surface area contributed by atoms with E-state index in [2.05, 4.69) is 5.32 Å². The van der Waals surface area contributed by atoms with Gasteiger partial charge in [-0.25, -0.2) is 4.79 Å². The summed E-state index contributed by atoms with van der Waals surface area (Å²) in [5.74, 6) is -0.0471. The summed E-state index contributed by atoms with van der Waals surface area (Å²) in [5, 5.41) is 15.3. The minimum Gasteiger partial charge on any atom is -0.465 e. The van der Waals surface area contributed by atoms with Crippen LogP contribution in [0.5, 0.6) is 0 Å². The van der Waals surface area contributed by atoms with Gasteiger partial charge >= 0.3 is 6.09 Å². The third-order valence-electron chi connectivity index (χ3n) is 6.58. The Bertz CT molecular complexity index is 1120. The molecule has 1 saturated heterocycles. The lowest BCUT2D eigenvalue weighted by Crippen LogP contribution is -2.47. The number of fused-ring (bicyclic) bond motifs is 1. The highest BCUT2D eigenvalue weighted by molar-refractivity contribution is 6.31. The van der Waals surface area contributed by atoms with E-state index >= 15 is 0 Å². The summed E-state index contributed by atoms with van der Waals surface area (Å²) >= 11 is 6.34. The third-order valence-corrected chi connectivity index (χ3v) is 6.80. The summed E-state index contributed by atoms with van der Waals surface area (Å²) in [6.45, 7) is 2.82. The van der Waals surface area contributed by atoms with Gasteiger partial charge in [-0.2, -0.15) is 0 Å². The number of nitrogens with zero attached hydrogens (tertiary/aromatic N) is 1. The van der Waals surface area contributed by atoms with Crippen LogP contribution in [0.15, 0.2) is 66.7 Å². The van der Waals surface area contributed by atoms with Crippen LogP contribution in [-0.4, -0.2) is 35.1 Å². The van der Waals surface area contributed by atoms with E-state index in [1.54, 1.807) is 0 Å². The van der Waals surface area contributed by atoms with Gasteiger partial charge in [0.2, 0.25) is 5.91 Å². The number of halogens is 1. The number of carboxylic acid groups (broad SMARTS) is 1. The second-order valence-corrected chi connectivity index (χ2v) is 9.03. The number of hydrogen-bond acceptors (Lipinski definition) is 2. The molecule has 1 unspecified atom stereocenters. The van der Waals surface area contributed by atoms with E-state index in [0.717, 1.165) is 21.9 Å². The Morgan fingerprint density at radius 3 is 2.41 bits per heavy atom. The Morgan fingerprint density at radius 2 is 1.72 bits per heavy atom. The number of amides is 2. The fourth-order valence-electron chi connectivity index (χ4n) is 4.82. The van der Waals surface area contributed by atoms with E-state index in [0.29, 0.717) is 37.4 Å². The first-order valence-corrected chi connectivity index (χ1v) is 11.3. The molecule has 2 N–H and O–H groups in total. The normalized spacial score (nSPS) is 16.5. The summed E-state index contributed by atoms with van der Waals surface area (Å²) in [5.41, 5.74) is 1.69. The van der Waals surface area contributed by atoms with Crippen LogP contribution in [0.2, 0.25) is 5.02 Å². The van der Waals surface area contributed by atoms with Crippen LogP contribution in [0.3, 0.4) is 0 Å². The van der Waals surface area contributed by atoms with Crippen LogP contribution < -0.4 is 5.32 Å². The maximum absolute atomic E-state index is 13.2. The topological polar surface area (TPSA) is 69.6 Å². The van der Waals surface area contributed by atoms with Crippen molar-refractivity contribution in [1.29, 1.82) is 0 Å². The van der Waals surface area contributed by atoms with Gasteiger partial charge in [0.15, 0.2) is 0 Å². The van der Waals surface area contributed by atoms with Crippen molar-refractivity contribution < 1.29 is 14.7 Å². The van der Waals surface area contributed by atoms with Gasteiger partial charge in [-0.05, 0) is 53.8 Å². The van der Waals surface area contributed by atoms with Crippen molar-refractivity contribution >= 4 is 34.4 Å². The SMILES string of the molecule is CC(NC(=O)CC1(c2ccccc2)CCN(C(=O)O)CC1)c1cc(Cl)cc2ccccc12. The highest BCUT2D eigenvalue weighted by Crippen LogP contribution is 2.39. The minimum atomic E-state index is -0.905. The smallest absolute Gasteiger partial charge is 0.407 e. The Kier molecular flexibility index (Phi) is 6.38. The van der Waals surface area contributed by atoms with Crippen molar-refractivity contribution in [3.63, 3.8) is 0 Å². The highest BCUT2D eigenvalue weighted by atomic mass is 35.5. The fourth-order valence-corrected chi connectivity index (χ4v) is 5.06. The van der Waals surface area contributed by atoms with Crippen LogP contribution in [0.25, 0.3) is 10.8 Å². The molecular weight excluding hydrogens is 424 g/mol. The van der Waals surface area contributed by atoms with Gasteiger partial charge in [0, 0.05) is 29.9 Å². The molecule has 0 aromatic heterocycles. The fraction of sp³-hybridized carbons (Fsp3) is 0.308. The van der Waals surface area contributed by atoms with Crippen LogP contribution >= 0.6 is 11.6 Å². The lowest BCUT2D eigenvalue weighted by atomic mass is 9.70. The molecule has 1 aliphatic rings. The summed E-state index contributed by atoms with van der Waals surface area (Å²) in [6, 6.07) is 21.6. The van der Waals surface area contributed by atoms with Crippen LogP contribution in [0.4, 0.5) is 4.79 Å². The van der Waals surface area contributed by atoms with E-state index in [4.69, 9.17) is 11.6 Å². The Balaban J connectivity index is 1.55. The van der Waals surface area contributed by atoms with E-state index in [1.165, 1.54) is 4.90 Å². The molecule has 1 atom stereocenters.